The molecule has 3 aromatic rings. The fourth-order valence-corrected chi connectivity index (χ4v) is 3.40. The van der Waals surface area contributed by atoms with E-state index in [1.54, 1.807) is 12.1 Å². The van der Waals surface area contributed by atoms with Crippen LogP contribution in [0, 0.1) is 6.92 Å². The van der Waals surface area contributed by atoms with Crippen molar-refractivity contribution < 1.29 is 9.90 Å². The van der Waals surface area contributed by atoms with E-state index < -0.39 is 5.97 Å². The van der Waals surface area contributed by atoms with Gasteiger partial charge in [-0.3, -0.25) is 0 Å². The van der Waals surface area contributed by atoms with Gasteiger partial charge >= 0.3 is 0 Å². The Kier molecular flexibility index (Phi) is 7.32. The number of benzene rings is 3. The van der Waals surface area contributed by atoms with E-state index in [0.29, 0.717) is 28.2 Å². The second kappa shape index (κ2) is 9.94. The first-order chi connectivity index (χ1) is 14.3. The van der Waals surface area contributed by atoms with Crippen LogP contribution in [0.5, 0.6) is 0 Å². The van der Waals surface area contributed by atoms with Crippen LogP contribution in [0.3, 0.4) is 0 Å². The Morgan fingerprint density at radius 2 is 1.53 bits per heavy atom. The molecule has 0 amide bonds. The van der Waals surface area contributed by atoms with Crippen LogP contribution in [0.2, 0.25) is 10.0 Å². The third-order valence-electron chi connectivity index (χ3n) is 4.56. The summed E-state index contributed by atoms with van der Waals surface area (Å²) in [5.41, 5.74) is 3.87. The Bertz CT molecular complexity index is 1050. The van der Waals surface area contributed by atoms with Gasteiger partial charge in [-0.05, 0) is 65.7 Å². The first kappa shape index (κ1) is 22.1. The van der Waals surface area contributed by atoms with Crippen LogP contribution in [0.15, 0.2) is 66.7 Å². The molecule has 0 saturated carbocycles. The molecule has 0 atom stereocenters. The molecule has 1 N–H and O–H groups in total. The quantitative estimate of drug-likeness (QED) is 0.523. The van der Waals surface area contributed by atoms with Crippen molar-refractivity contribution >= 4 is 52.2 Å². The third-order valence-corrected chi connectivity index (χ3v) is 5.58. The first-order valence-electron chi connectivity index (χ1n) is 9.18. The van der Waals surface area contributed by atoms with Crippen molar-refractivity contribution in [2.75, 3.05) is 5.32 Å². The number of hydrogen-bond donors (Lipinski definition) is 1. The standard InChI is InChI=1S/C23H20Cl2N2O2S/c1-15-2-11-20(12-21(15)25)26-23(30)27(14-17-5-9-19(24)10-6-17)13-16-3-7-18(8-4-16)22(28)29/h2-12H,13-14H2,1H3,(H,26,30)(H,28,29)/p-1. The van der Waals surface area contributed by atoms with E-state index in [1.165, 1.54) is 12.1 Å². The summed E-state index contributed by atoms with van der Waals surface area (Å²) < 4.78 is 0. The molecule has 0 bridgehead atoms. The van der Waals surface area contributed by atoms with Crippen LogP contribution in [0.1, 0.15) is 27.0 Å². The van der Waals surface area contributed by atoms with E-state index in [-0.39, 0.29) is 5.56 Å². The number of halogens is 2. The molecule has 7 heteroatoms. The zero-order chi connectivity index (χ0) is 21.7. The summed E-state index contributed by atoms with van der Waals surface area (Å²) in [5.74, 6) is -1.20. The molecule has 0 aliphatic carbocycles. The number of hydrogen-bond acceptors (Lipinski definition) is 3. The van der Waals surface area contributed by atoms with Gasteiger partial charge in [-0.15, -0.1) is 0 Å². The second-order valence-corrected chi connectivity index (χ2v) is 8.09. The van der Waals surface area contributed by atoms with E-state index in [1.807, 2.05) is 54.3 Å². The second-order valence-electron chi connectivity index (χ2n) is 6.86. The van der Waals surface area contributed by atoms with Crippen LogP contribution in [0.25, 0.3) is 0 Å². The fraction of sp³-hybridized carbons (Fsp3) is 0.130. The Morgan fingerprint density at radius 1 is 0.967 bits per heavy atom. The number of anilines is 1. The average molecular weight is 458 g/mol. The number of nitrogens with one attached hydrogen (secondary N) is 1. The molecule has 30 heavy (non-hydrogen) atoms. The van der Waals surface area contributed by atoms with Gasteiger partial charge in [0.25, 0.3) is 0 Å². The Morgan fingerprint density at radius 3 is 2.07 bits per heavy atom. The summed E-state index contributed by atoms with van der Waals surface area (Å²) in [6, 6.07) is 19.8. The van der Waals surface area contributed by atoms with E-state index in [9.17, 15) is 9.90 Å². The minimum Gasteiger partial charge on any atom is -0.545 e. The van der Waals surface area contributed by atoms with Crippen LogP contribution in [-0.4, -0.2) is 16.0 Å². The number of thiocarbonyl (C=S) groups is 1. The van der Waals surface area contributed by atoms with Crippen molar-refractivity contribution in [3.63, 3.8) is 0 Å². The lowest BCUT2D eigenvalue weighted by Gasteiger charge is -2.26. The minimum absolute atomic E-state index is 0.137. The number of carbonyl (C=O) groups is 1. The Balaban J connectivity index is 1.81. The zero-order valence-corrected chi connectivity index (χ0v) is 18.5. The molecule has 4 nitrogen and oxygen atoms in total. The summed E-state index contributed by atoms with van der Waals surface area (Å²) in [7, 11) is 0. The predicted molar refractivity (Wildman–Crippen MR) is 124 cm³/mol. The van der Waals surface area contributed by atoms with E-state index >= 15 is 0 Å². The molecular formula is C23H19Cl2N2O2S-. The van der Waals surface area contributed by atoms with E-state index in [4.69, 9.17) is 35.4 Å². The maximum Gasteiger partial charge on any atom is 0.174 e. The number of rotatable bonds is 6. The average Bonchev–Trinajstić information content (AvgIpc) is 2.72. The maximum atomic E-state index is 11.0. The molecule has 0 spiro atoms. The summed E-state index contributed by atoms with van der Waals surface area (Å²) in [6.07, 6.45) is 0. The third kappa shape index (κ3) is 5.95. The molecule has 3 rings (SSSR count). The van der Waals surface area contributed by atoms with Crippen LogP contribution >= 0.6 is 35.4 Å². The van der Waals surface area contributed by atoms with Gasteiger partial charge in [0, 0.05) is 28.8 Å². The highest BCUT2D eigenvalue weighted by atomic mass is 35.5. The van der Waals surface area contributed by atoms with Gasteiger partial charge in [-0.2, -0.15) is 0 Å². The molecule has 0 fully saturated rings. The molecule has 0 saturated heterocycles. The summed E-state index contributed by atoms with van der Waals surface area (Å²) in [4.78, 5) is 13.0. The molecule has 0 aliphatic heterocycles. The number of carboxylic acid groups (broad SMARTS) is 1. The summed E-state index contributed by atoms with van der Waals surface area (Å²) in [6.45, 7) is 2.97. The van der Waals surface area contributed by atoms with Gasteiger partial charge in [-0.1, -0.05) is 65.7 Å². The van der Waals surface area contributed by atoms with Gasteiger partial charge in [0.1, 0.15) is 0 Å². The number of nitrogens with zero attached hydrogens (tertiary/aromatic N) is 1. The summed E-state index contributed by atoms with van der Waals surface area (Å²) in [5, 5.41) is 16.1. The molecule has 0 aliphatic rings. The maximum absolute atomic E-state index is 11.0. The van der Waals surface area contributed by atoms with Crippen molar-refractivity contribution in [1.82, 2.24) is 4.90 Å². The van der Waals surface area contributed by atoms with Gasteiger partial charge in [0.05, 0.1) is 5.97 Å². The van der Waals surface area contributed by atoms with Crippen molar-refractivity contribution in [1.29, 1.82) is 0 Å². The lowest BCUT2D eigenvalue weighted by molar-refractivity contribution is -0.255. The largest absolute Gasteiger partial charge is 0.545 e. The number of carbonyl (C=O) groups excluding carboxylic acids is 1. The van der Waals surface area contributed by atoms with Gasteiger partial charge < -0.3 is 20.1 Å². The van der Waals surface area contributed by atoms with E-state index in [0.717, 1.165) is 22.4 Å². The highest BCUT2D eigenvalue weighted by Crippen LogP contribution is 2.21. The van der Waals surface area contributed by atoms with Gasteiger partial charge in [-0.25, -0.2) is 0 Å². The van der Waals surface area contributed by atoms with Crippen LogP contribution < -0.4 is 10.4 Å². The van der Waals surface area contributed by atoms with Gasteiger partial charge in [0.15, 0.2) is 5.11 Å². The van der Waals surface area contributed by atoms with Crippen molar-refractivity contribution in [3.05, 3.63) is 99.0 Å². The van der Waals surface area contributed by atoms with Crippen LogP contribution in [0.4, 0.5) is 5.69 Å². The highest BCUT2D eigenvalue weighted by molar-refractivity contribution is 7.80. The lowest BCUT2D eigenvalue weighted by Crippen LogP contribution is -2.33. The predicted octanol–water partition coefficient (Wildman–Crippen LogP) is 5.06. The number of aromatic carboxylic acids is 1. The monoisotopic (exact) mass is 457 g/mol. The van der Waals surface area contributed by atoms with Crippen molar-refractivity contribution in [3.8, 4) is 0 Å². The summed E-state index contributed by atoms with van der Waals surface area (Å²) >= 11 is 17.9. The van der Waals surface area contributed by atoms with Crippen molar-refractivity contribution in [2.45, 2.75) is 20.0 Å². The minimum atomic E-state index is -1.20. The fourth-order valence-electron chi connectivity index (χ4n) is 2.85. The molecule has 0 heterocycles. The number of aryl methyl sites for hydroxylation is 1. The Labute approximate surface area is 191 Å². The van der Waals surface area contributed by atoms with Gasteiger partial charge in [0.2, 0.25) is 0 Å². The SMILES string of the molecule is Cc1ccc(NC(=S)N(Cc2ccc(Cl)cc2)Cc2ccc(C(=O)[O-])cc2)cc1Cl. The smallest absolute Gasteiger partial charge is 0.174 e. The van der Waals surface area contributed by atoms with E-state index in [2.05, 4.69) is 5.32 Å². The number of carboxylic acids is 1. The lowest BCUT2D eigenvalue weighted by atomic mass is 10.1. The topological polar surface area (TPSA) is 55.4 Å². The molecule has 3 aromatic carbocycles. The van der Waals surface area contributed by atoms with Crippen LogP contribution in [-0.2, 0) is 13.1 Å². The molecule has 0 unspecified atom stereocenters. The normalized spacial score (nSPS) is 10.5. The van der Waals surface area contributed by atoms with Crippen molar-refractivity contribution in [2.24, 2.45) is 0 Å². The first-order valence-corrected chi connectivity index (χ1v) is 10.3. The Hall–Kier alpha value is -2.60. The molecule has 0 radical (unpaired) electrons. The highest BCUT2D eigenvalue weighted by Gasteiger charge is 2.13. The molecular weight excluding hydrogens is 439 g/mol. The zero-order valence-electron chi connectivity index (χ0n) is 16.2. The molecule has 0 aromatic heterocycles. The molecule has 154 valence electrons.